The zero-order chi connectivity index (χ0) is 19.2. The molecule has 2 aromatic heterocycles. The first-order valence-electron chi connectivity index (χ1n) is 8.27. The molecule has 0 unspecified atom stereocenters. The van der Waals surface area contributed by atoms with E-state index in [0.29, 0.717) is 18.1 Å². The van der Waals surface area contributed by atoms with Crippen LogP contribution in [0.2, 0.25) is 0 Å². The fourth-order valence-corrected chi connectivity index (χ4v) is 2.47. The third-order valence-corrected chi connectivity index (χ3v) is 3.69. The van der Waals surface area contributed by atoms with Crippen LogP contribution in [-0.4, -0.2) is 38.4 Å². The number of amides is 1. The molecule has 3 aromatic rings. The Balaban J connectivity index is 1.82. The van der Waals surface area contributed by atoms with Crippen LogP contribution in [0.15, 0.2) is 59.0 Å². The molecule has 3 rings (SSSR count). The zero-order valence-corrected chi connectivity index (χ0v) is 14.6. The van der Waals surface area contributed by atoms with Gasteiger partial charge in [0.15, 0.2) is 5.84 Å². The Morgan fingerprint density at radius 1 is 1.22 bits per heavy atom. The van der Waals surface area contributed by atoms with Crippen molar-refractivity contribution < 1.29 is 4.79 Å². The van der Waals surface area contributed by atoms with Crippen LogP contribution in [0.5, 0.6) is 0 Å². The number of nitrogens with one attached hydrogen (secondary N) is 2. The normalized spacial score (nSPS) is 11.4. The second-order valence-corrected chi connectivity index (χ2v) is 5.60. The van der Waals surface area contributed by atoms with Crippen LogP contribution >= 0.6 is 0 Å². The zero-order valence-electron chi connectivity index (χ0n) is 14.6. The summed E-state index contributed by atoms with van der Waals surface area (Å²) in [5, 5.41) is 12.5. The van der Waals surface area contributed by atoms with Gasteiger partial charge in [-0.2, -0.15) is 4.98 Å². The number of rotatable bonds is 6. The van der Waals surface area contributed by atoms with E-state index in [0.717, 1.165) is 11.3 Å². The fourth-order valence-electron chi connectivity index (χ4n) is 2.47. The van der Waals surface area contributed by atoms with Crippen LogP contribution in [0.3, 0.4) is 0 Å². The molecular weight excluding hydrogens is 346 g/mol. The molecule has 2 heterocycles. The van der Waals surface area contributed by atoms with E-state index < -0.39 is 11.7 Å². The summed E-state index contributed by atoms with van der Waals surface area (Å²) in [4.78, 5) is 35.6. The van der Waals surface area contributed by atoms with Gasteiger partial charge in [0.2, 0.25) is 5.78 Å². The summed E-state index contributed by atoms with van der Waals surface area (Å²) >= 11 is 0. The molecular formula is C18H17N7O2. The van der Waals surface area contributed by atoms with Crippen molar-refractivity contribution >= 4 is 29.1 Å². The van der Waals surface area contributed by atoms with Gasteiger partial charge in [-0.15, -0.1) is 4.91 Å². The number of imidazole rings is 1. The summed E-state index contributed by atoms with van der Waals surface area (Å²) < 4.78 is 1.75. The minimum atomic E-state index is -0.531. The van der Waals surface area contributed by atoms with Gasteiger partial charge in [-0.05, 0) is 18.2 Å². The molecule has 136 valence electrons. The minimum absolute atomic E-state index is 0.0529. The quantitative estimate of drug-likeness (QED) is 0.397. The summed E-state index contributed by atoms with van der Waals surface area (Å²) in [6.45, 7) is 2.10. The maximum Gasteiger partial charge on any atom is 0.271 e. The molecule has 0 bridgehead atoms. The number of amidine groups is 1. The molecule has 9 nitrogen and oxygen atoms in total. The van der Waals surface area contributed by atoms with Crippen LogP contribution in [0.4, 0.5) is 5.82 Å². The molecule has 9 heteroatoms. The van der Waals surface area contributed by atoms with Gasteiger partial charge >= 0.3 is 0 Å². The molecule has 0 atom stereocenters. The van der Waals surface area contributed by atoms with Gasteiger partial charge in [-0.1, -0.05) is 30.3 Å². The average molecular weight is 363 g/mol. The lowest BCUT2D eigenvalue weighted by atomic mass is 10.2. The van der Waals surface area contributed by atoms with E-state index >= 15 is 0 Å². The number of carbonyl (C=O) groups excluding carboxylic acids is 1. The molecule has 1 aromatic carbocycles. The topological polar surface area (TPSA) is 125 Å². The van der Waals surface area contributed by atoms with Crippen LogP contribution < -0.4 is 5.32 Å². The van der Waals surface area contributed by atoms with E-state index in [2.05, 4.69) is 25.5 Å². The molecule has 27 heavy (non-hydrogen) atoms. The minimum Gasteiger partial charge on any atom is -0.305 e. The van der Waals surface area contributed by atoms with Gasteiger partial charge < -0.3 is 5.32 Å². The first-order chi connectivity index (χ1) is 13.1. The summed E-state index contributed by atoms with van der Waals surface area (Å²) in [7, 11) is 0. The lowest BCUT2D eigenvalue weighted by Crippen LogP contribution is -2.25. The SMILES string of the molecule is CCN=C(CC(=N)N=O)C(=O)Nc1ccn2cc(-c3ccccc3)nc2n1. The molecule has 0 aliphatic heterocycles. The van der Waals surface area contributed by atoms with Gasteiger partial charge in [0.05, 0.1) is 12.1 Å². The standard InChI is InChI=1S/C18H17N7O2/c1-2-20-13(10-15(19)24-27)17(26)22-16-8-9-25-11-14(21-18(25)23-16)12-6-4-3-5-7-12/h3-9,11,19H,2,10H2,1H3,(H,21,22,23,26). The third-order valence-electron chi connectivity index (χ3n) is 3.69. The molecule has 2 N–H and O–H groups in total. The average Bonchev–Trinajstić information content (AvgIpc) is 3.11. The molecule has 1 amide bonds. The van der Waals surface area contributed by atoms with E-state index in [9.17, 15) is 9.70 Å². The largest absolute Gasteiger partial charge is 0.305 e. The summed E-state index contributed by atoms with van der Waals surface area (Å²) in [6, 6.07) is 11.3. The van der Waals surface area contributed by atoms with Crippen molar-refractivity contribution in [2.45, 2.75) is 13.3 Å². The van der Waals surface area contributed by atoms with Crippen LogP contribution in [0.1, 0.15) is 13.3 Å². The Hall–Kier alpha value is -3.75. The number of nitrogens with zero attached hydrogens (tertiary/aromatic N) is 5. The van der Waals surface area contributed by atoms with E-state index in [1.807, 2.05) is 36.5 Å². The number of hydrogen-bond donors (Lipinski definition) is 2. The van der Waals surface area contributed by atoms with Crippen LogP contribution in [0.25, 0.3) is 17.0 Å². The highest BCUT2D eigenvalue weighted by atomic mass is 16.3. The second kappa shape index (κ2) is 8.09. The van der Waals surface area contributed by atoms with Crippen molar-refractivity contribution in [2.75, 3.05) is 11.9 Å². The number of fused-ring (bicyclic) bond motifs is 1. The molecule has 0 aliphatic carbocycles. The Labute approximate surface area is 154 Å². The number of anilines is 1. The maximum absolute atomic E-state index is 12.4. The maximum atomic E-state index is 12.4. The smallest absolute Gasteiger partial charge is 0.271 e. The number of carbonyl (C=O) groups is 1. The molecule has 0 spiro atoms. The second-order valence-electron chi connectivity index (χ2n) is 5.60. The Bertz CT molecular complexity index is 1020. The highest BCUT2D eigenvalue weighted by Gasteiger charge is 2.15. The van der Waals surface area contributed by atoms with E-state index in [1.165, 1.54) is 0 Å². The van der Waals surface area contributed by atoms with E-state index in [-0.39, 0.29) is 12.1 Å². The first kappa shape index (κ1) is 18.1. The predicted molar refractivity (Wildman–Crippen MR) is 103 cm³/mol. The lowest BCUT2D eigenvalue weighted by Gasteiger charge is -2.06. The fraction of sp³-hybridized carbons (Fsp3) is 0.167. The first-order valence-corrected chi connectivity index (χ1v) is 8.27. The molecule has 0 saturated heterocycles. The number of hydrogen-bond acceptors (Lipinski definition) is 6. The Morgan fingerprint density at radius 2 is 2.00 bits per heavy atom. The highest BCUT2D eigenvalue weighted by molar-refractivity contribution is 6.45. The van der Waals surface area contributed by atoms with Crippen molar-refractivity contribution in [1.29, 1.82) is 5.41 Å². The molecule has 0 aliphatic rings. The van der Waals surface area contributed by atoms with Crippen LogP contribution in [0, 0.1) is 10.3 Å². The van der Waals surface area contributed by atoms with Gasteiger partial charge in [-0.3, -0.25) is 19.6 Å². The number of aliphatic imine (C=N–C) groups is 1. The van der Waals surface area contributed by atoms with E-state index in [1.54, 1.807) is 23.6 Å². The molecule has 0 fully saturated rings. The Kier molecular flexibility index (Phi) is 5.41. The predicted octanol–water partition coefficient (Wildman–Crippen LogP) is 2.93. The van der Waals surface area contributed by atoms with Gasteiger partial charge in [0, 0.05) is 24.5 Å². The number of benzene rings is 1. The molecule has 0 saturated carbocycles. The van der Waals surface area contributed by atoms with Crippen molar-refractivity contribution in [3.63, 3.8) is 0 Å². The van der Waals surface area contributed by atoms with E-state index in [4.69, 9.17) is 5.41 Å². The Morgan fingerprint density at radius 3 is 2.70 bits per heavy atom. The summed E-state index contributed by atoms with van der Waals surface area (Å²) in [6.07, 6.45) is 3.36. The highest BCUT2D eigenvalue weighted by Crippen LogP contribution is 2.18. The van der Waals surface area contributed by atoms with Crippen LogP contribution in [-0.2, 0) is 4.79 Å². The molecule has 0 radical (unpaired) electrons. The van der Waals surface area contributed by atoms with Gasteiger partial charge in [0.1, 0.15) is 11.5 Å². The van der Waals surface area contributed by atoms with Crippen molar-refractivity contribution in [3.8, 4) is 11.3 Å². The van der Waals surface area contributed by atoms with Crippen molar-refractivity contribution in [2.24, 2.45) is 10.2 Å². The van der Waals surface area contributed by atoms with Crippen molar-refractivity contribution in [1.82, 2.24) is 14.4 Å². The van der Waals surface area contributed by atoms with Gasteiger partial charge in [-0.25, -0.2) is 4.98 Å². The summed E-state index contributed by atoms with van der Waals surface area (Å²) in [5.41, 5.74) is 1.79. The number of aromatic nitrogens is 3. The van der Waals surface area contributed by atoms with Crippen molar-refractivity contribution in [3.05, 3.63) is 53.7 Å². The summed E-state index contributed by atoms with van der Waals surface area (Å²) in [5.74, 6) is -0.256. The monoisotopic (exact) mass is 363 g/mol. The third kappa shape index (κ3) is 4.27. The lowest BCUT2D eigenvalue weighted by molar-refractivity contribution is -0.110. The number of nitroso groups, excluding NO2 is 1. The van der Waals surface area contributed by atoms with Gasteiger partial charge in [0.25, 0.3) is 5.91 Å².